The van der Waals surface area contributed by atoms with Crippen LogP contribution >= 0.6 is 0 Å². The van der Waals surface area contributed by atoms with Crippen LogP contribution in [0, 0.1) is 0 Å². The van der Waals surface area contributed by atoms with Crippen LogP contribution in [-0.2, 0) is 40.5 Å². The molecule has 24 heteroatoms. The quantitative estimate of drug-likeness (QED) is 0.150. The zero-order valence-corrected chi connectivity index (χ0v) is 29.2. The molecule has 0 aromatic carbocycles. The van der Waals surface area contributed by atoms with Crippen molar-refractivity contribution >= 4 is 40.5 Å². The van der Waals surface area contributed by atoms with Crippen molar-refractivity contribution in [1.29, 1.82) is 0 Å². The van der Waals surface area contributed by atoms with Gasteiger partial charge in [0, 0.05) is 0 Å². The first-order valence-electron chi connectivity index (χ1n) is 6.42. The minimum atomic E-state index is -4.17. The van der Waals surface area contributed by atoms with Crippen LogP contribution in [0.1, 0.15) is 0 Å². The Balaban J connectivity index is -0.0000000384. The van der Waals surface area contributed by atoms with E-state index in [1.807, 2.05) is 0 Å². The van der Waals surface area contributed by atoms with Crippen molar-refractivity contribution in [2.45, 2.75) is 0 Å². The van der Waals surface area contributed by atoms with Gasteiger partial charge in [-0.2, -0.15) is 0 Å². The Labute approximate surface area is 276 Å². The van der Waals surface area contributed by atoms with E-state index in [9.17, 15) is 51.9 Å². The Bertz CT molecular complexity index is 644. The van der Waals surface area contributed by atoms with Gasteiger partial charge in [-0.15, -0.1) is 0 Å². The zero-order valence-electron chi connectivity index (χ0n) is 18.0. The summed E-state index contributed by atoms with van der Waals surface area (Å²) in [6, 6.07) is 0. The van der Waals surface area contributed by atoms with Gasteiger partial charge in [0.15, 0.2) is 0 Å². The van der Waals surface area contributed by atoms with Crippen molar-refractivity contribution in [2.24, 2.45) is 0 Å². The van der Waals surface area contributed by atoms with Crippen molar-refractivity contribution in [3.8, 4) is 0 Å². The maximum absolute atomic E-state index is 9.52. The molecule has 16 nitrogen and oxygen atoms in total. The molecule has 0 radical (unpaired) electrons. The standard InChI is InChI=1S/4C2H6O4S.4Na/c4*3-1-2-7(4,5)6;;;;/h4*3H,1-2H2,(H,4,5,6);;;;/q;;;;4*+1/p-4. The van der Waals surface area contributed by atoms with Gasteiger partial charge in [-0.05, 0) is 0 Å². The number of hydrogen-bond donors (Lipinski definition) is 4. The summed E-state index contributed by atoms with van der Waals surface area (Å²) in [6.07, 6.45) is 0. The summed E-state index contributed by atoms with van der Waals surface area (Å²) in [5, 5.41) is 31.3. The SMILES string of the molecule is O=S(=O)([O-])CCO.O=S(=O)([O-])CCO.O=S(=O)([O-])CCO.O=S(=O)([O-])CCO.[Na+].[Na+].[Na+].[Na+]. The minimum Gasteiger partial charge on any atom is -0.748 e. The van der Waals surface area contributed by atoms with E-state index in [0.29, 0.717) is 0 Å². The molecule has 0 saturated heterocycles. The van der Waals surface area contributed by atoms with Crippen LogP contribution < -0.4 is 118 Å². The van der Waals surface area contributed by atoms with Gasteiger partial charge in [0.25, 0.3) is 0 Å². The fraction of sp³-hybridized carbons (Fsp3) is 1.00. The first-order valence-corrected chi connectivity index (χ1v) is 12.7. The fourth-order valence-corrected chi connectivity index (χ4v) is 1.34. The molecule has 0 aliphatic rings. The molecule has 0 bridgehead atoms. The normalized spacial score (nSPS) is 10.2. The van der Waals surface area contributed by atoms with Crippen LogP contribution in [0.25, 0.3) is 0 Å². The second-order valence-electron chi connectivity index (χ2n) is 3.94. The van der Waals surface area contributed by atoms with Gasteiger partial charge in [0.05, 0.1) is 89.9 Å². The Morgan fingerprint density at radius 3 is 0.469 bits per heavy atom. The summed E-state index contributed by atoms with van der Waals surface area (Å²) in [6.45, 7) is -2.37. The summed E-state index contributed by atoms with van der Waals surface area (Å²) in [5.41, 5.74) is 0. The molecule has 0 fully saturated rings. The number of rotatable bonds is 8. The van der Waals surface area contributed by atoms with Gasteiger partial charge in [-0.1, -0.05) is 0 Å². The molecule has 176 valence electrons. The molecule has 0 spiro atoms. The van der Waals surface area contributed by atoms with E-state index in [2.05, 4.69) is 0 Å². The smallest absolute Gasteiger partial charge is 0.748 e. The van der Waals surface area contributed by atoms with Crippen LogP contribution in [0.2, 0.25) is 0 Å². The summed E-state index contributed by atoms with van der Waals surface area (Å²) in [5.74, 6) is -2.75. The van der Waals surface area contributed by atoms with Gasteiger partial charge < -0.3 is 38.6 Å². The molecule has 32 heavy (non-hydrogen) atoms. The average molecular weight is 592 g/mol. The fourth-order valence-electron chi connectivity index (χ4n) is 0.447. The molecule has 0 heterocycles. The molecule has 0 aliphatic heterocycles. The average Bonchev–Trinajstić information content (AvgIpc) is 2.34. The minimum absolute atomic E-state index is 0. The van der Waals surface area contributed by atoms with Crippen molar-refractivity contribution in [2.75, 3.05) is 49.4 Å². The first-order chi connectivity index (χ1) is 12.2. The molecule has 0 aliphatic carbocycles. The third-order valence-electron chi connectivity index (χ3n) is 1.37. The Hall–Kier alpha value is 3.48. The number of aliphatic hydroxyl groups is 4. The van der Waals surface area contributed by atoms with E-state index in [-0.39, 0.29) is 118 Å². The summed E-state index contributed by atoms with van der Waals surface area (Å²) < 4.78 is 114. The van der Waals surface area contributed by atoms with E-state index < -0.39 is 89.9 Å². The van der Waals surface area contributed by atoms with Gasteiger partial charge in [-0.3, -0.25) is 0 Å². The molecular formula is C8H20Na4O16S4. The first kappa shape index (κ1) is 55.9. The van der Waals surface area contributed by atoms with Crippen molar-refractivity contribution in [3.05, 3.63) is 0 Å². The number of hydrogen-bond acceptors (Lipinski definition) is 16. The maximum atomic E-state index is 9.52. The van der Waals surface area contributed by atoms with Crippen LogP contribution in [0.3, 0.4) is 0 Å². The van der Waals surface area contributed by atoms with Crippen LogP contribution in [0.5, 0.6) is 0 Å². The second-order valence-corrected chi connectivity index (χ2v) is 10.0. The topological polar surface area (TPSA) is 310 Å². The largest absolute Gasteiger partial charge is 1.00 e. The van der Waals surface area contributed by atoms with Crippen molar-refractivity contribution in [3.63, 3.8) is 0 Å². The third-order valence-corrected chi connectivity index (χ3v) is 4.10. The molecule has 0 rings (SSSR count). The predicted molar refractivity (Wildman–Crippen MR) is 86.6 cm³/mol. The molecule has 0 amide bonds. The van der Waals surface area contributed by atoms with Crippen LogP contribution in [0.15, 0.2) is 0 Å². The van der Waals surface area contributed by atoms with Crippen LogP contribution in [-0.4, -0.2) is 122 Å². The monoisotopic (exact) mass is 592 g/mol. The Kier molecular flexibility index (Phi) is 53.6. The molecule has 0 aromatic heterocycles. The van der Waals surface area contributed by atoms with Crippen molar-refractivity contribution < 1.29 is 191 Å². The molecule has 4 N–H and O–H groups in total. The van der Waals surface area contributed by atoms with Gasteiger partial charge in [0.1, 0.15) is 0 Å². The second kappa shape index (κ2) is 30.7. The van der Waals surface area contributed by atoms with Crippen molar-refractivity contribution in [1.82, 2.24) is 0 Å². The Morgan fingerprint density at radius 1 is 0.375 bits per heavy atom. The predicted octanol–water partition coefficient (Wildman–Crippen LogP) is -17.9. The molecular weight excluding hydrogens is 572 g/mol. The maximum Gasteiger partial charge on any atom is 1.00 e. The zero-order chi connectivity index (χ0) is 23.7. The number of aliphatic hydroxyl groups excluding tert-OH is 4. The Morgan fingerprint density at radius 2 is 0.469 bits per heavy atom. The van der Waals surface area contributed by atoms with E-state index in [4.69, 9.17) is 20.4 Å². The van der Waals surface area contributed by atoms with E-state index >= 15 is 0 Å². The van der Waals surface area contributed by atoms with E-state index in [0.717, 1.165) is 0 Å². The molecule has 0 aromatic rings. The van der Waals surface area contributed by atoms with E-state index in [1.54, 1.807) is 0 Å². The van der Waals surface area contributed by atoms with Gasteiger partial charge in [-0.25, -0.2) is 33.7 Å². The van der Waals surface area contributed by atoms with E-state index in [1.165, 1.54) is 0 Å². The summed E-state index contributed by atoms with van der Waals surface area (Å²) >= 11 is 0. The third kappa shape index (κ3) is 93.1. The van der Waals surface area contributed by atoms with Crippen LogP contribution in [0.4, 0.5) is 0 Å². The van der Waals surface area contributed by atoms with Gasteiger partial charge in [0.2, 0.25) is 0 Å². The molecule has 0 saturated carbocycles. The summed E-state index contributed by atoms with van der Waals surface area (Å²) in [4.78, 5) is 0. The van der Waals surface area contributed by atoms with Gasteiger partial charge >= 0.3 is 118 Å². The molecule has 0 atom stereocenters. The molecule has 0 unspecified atom stereocenters. The summed E-state index contributed by atoms with van der Waals surface area (Å²) in [7, 11) is -16.7.